The molecule has 0 fully saturated rings. The van der Waals surface area contributed by atoms with Crippen molar-refractivity contribution >= 4 is 31.0 Å². The molecule has 0 bridgehead atoms. The van der Waals surface area contributed by atoms with Gasteiger partial charge in [-0.05, 0) is 37.5 Å². The highest BCUT2D eigenvalue weighted by atomic mass is 35.5. The molecule has 3 rings (SSSR count). The first-order chi connectivity index (χ1) is 14.4. The molecule has 0 saturated carbocycles. The third-order valence-corrected chi connectivity index (χ3v) is 5.25. The second kappa shape index (κ2) is 10.9. The summed E-state index contributed by atoms with van der Waals surface area (Å²) in [7, 11) is 0. The van der Waals surface area contributed by atoms with Crippen LogP contribution in [0.5, 0.6) is 0 Å². The SMILES string of the molecule is CC(C)(C)OC(=O)[C@H](CS)NC(c1ccccc1)(c1ccccc1)c1ccccc1.Cl. The largest absolute Gasteiger partial charge is 0.459 e. The van der Waals surface area contributed by atoms with E-state index in [1.165, 1.54) is 0 Å². The molecule has 0 heterocycles. The number of thiol groups is 1. The van der Waals surface area contributed by atoms with Gasteiger partial charge in [0.1, 0.15) is 11.6 Å². The fourth-order valence-electron chi connectivity index (χ4n) is 3.63. The lowest BCUT2D eigenvalue weighted by Gasteiger charge is -2.39. The van der Waals surface area contributed by atoms with E-state index in [0.29, 0.717) is 5.75 Å². The van der Waals surface area contributed by atoms with E-state index in [-0.39, 0.29) is 18.4 Å². The third kappa shape index (κ3) is 5.91. The number of rotatable bonds is 7. The fraction of sp³-hybridized carbons (Fsp3) is 0.269. The fourth-order valence-corrected chi connectivity index (χ4v) is 3.87. The Morgan fingerprint density at radius 1 is 0.806 bits per heavy atom. The number of esters is 1. The second-order valence-electron chi connectivity index (χ2n) is 8.26. The molecule has 0 aliphatic rings. The minimum atomic E-state index is -0.742. The first-order valence-corrected chi connectivity index (χ1v) is 10.8. The Kier molecular flexibility index (Phi) is 8.75. The Labute approximate surface area is 197 Å². The molecule has 3 nitrogen and oxygen atoms in total. The van der Waals surface area contributed by atoms with Crippen molar-refractivity contribution in [1.82, 2.24) is 5.32 Å². The molecule has 0 radical (unpaired) electrons. The van der Waals surface area contributed by atoms with E-state index in [0.717, 1.165) is 16.7 Å². The van der Waals surface area contributed by atoms with Gasteiger partial charge < -0.3 is 4.74 Å². The summed E-state index contributed by atoms with van der Waals surface area (Å²) in [6.07, 6.45) is 0. The van der Waals surface area contributed by atoms with Crippen molar-refractivity contribution in [2.24, 2.45) is 0 Å². The van der Waals surface area contributed by atoms with Crippen LogP contribution in [0.25, 0.3) is 0 Å². The Morgan fingerprint density at radius 3 is 1.45 bits per heavy atom. The van der Waals surface area contributed by atoms with Crippen LogP contribution in [0.2, 0.25) is 0 Å². The summed E-state index contributed by atoms with van der Waals surface area (Å²) in [6, 6.07) is 30.0. The minimum Gasteiger partial charge on any atom is -0.459 e. The molecule has 164 valence electrons. The topological polar surface area (TPSA) is 38.3 Å². The molecule has 1 atom stereocenters. The molecule has 5 heteroatoms. The van der Waals surface area contributed by atoms with Gasteiger partial charge in [-0.3, -0.25) is 10.1 Å². The van der Waals surface area contributed by atoms with E-state index in [4.69, 9.17) is 4.74 Å². The summed E-state index contributed by atoms with van der Waals surface area (Å²) in [5.74, 6) is -0.00643. The van der Waals surface area contributed by atoms with Crippen LogP contribution >= 0.6 is 25.0 Å². The summed E-state index contributed by atoms with van der Waals surface area (Å²) in [6.45, 7) is 5.62. The molecule has 0 spiro atoms. The van der Waals surface area contributed by atoms with Gasteiger partial charge in [0, 0.05) is 5.75 Å². The zero-order valence-electron chi connectivity index (χ0n) is 18.1. The van der Waals surface area contributed by atoms with Crippen LogP contribution in [0.1, 0.15) is 37.5 Å². The first kappa shape index (κ1) is 25.0. The molecule has 3 aromatic rings. The van der Waals surface area contributed by atoms with Crippen molar-refractivity contribution in [3.05, 3.63) is 108 Å². The molecule has 0 unspecified atom stereocenters. The molecule has 31 heavy (non-hydrogen) atoms. The lowest BCUT2D eigenvalue weighted by Crippen LogP contribution is -2.54. The van der Waals surface area contributed by atoms with Crippen molar-refractivity contribution in [2.75, 3.05) is 5.75 Å². The van der Waals surface area contributed by atoms with E-state index in [1.807, 2.05) is 75.4 Å². The number of carbonyl (C=O) groups is 1. The standard InChI is InChI=1S/C26H29NO2S.ClH/c1-25(2,3)29-24(28)23(19-30)27-26(20-13-7-4-8-14-20,21-15-9-5-10-16-21)22-17-11-6-12-18-22;/h4-18,23,27,30H,19H2,1-3H3;1H/t23-;/m0./s1. The predicted molar refractivity (Wildman–Crippen MR) is 133 cm³/mol. The lowest BCUT2D eigenvalue weighted by atomic mass is 9.76. The summed E-state index contributed by atoms with van der Waals surface area (Å²) < 4.78 is 5.69. The number of benzene rings is 3. The molecule has 0 amide bonds. The van der Waals surface area contributed by atoms with E-state index >= 15 is 0 Å². The van der Waals surface area contributed by atoms with Gasteiger partial charge >= 0.3 is 5.97 Å². The van der Waals surface area contributed by atoms with Crippen LogP contribution < -0.4 is 5.32 Å². The van der Waals surface area contributed by atoms with E-state index in [1.54, 1.807) is 0 Å². The Hall–Kier alpha value is -2.27. The summed E-state index contributed by atoms with van der Waals surface area (Å²) in [5.41, 5.74) is 1.80. The van der Waals surface area contributed by atoms with E-state index < -0.39 is 17.2 Å². The van der Waals surface area contributed by atoms with Gasteiger partial charge in [0.2, 0.25) is 0 Å². The van der Waals surface area contributed by atoms with Crippen LogP contribution in [0.4, 0.5) is 0 Å². The van der Waals surface area contributed by atoms with E-state index in [2.05, 4.69) is 54.3 Å². The molecule has 0 aliphatic heterocycles. The Bertz CT molecular complexity index is 847. The Balaban J connectivity index is 0.00000341. The van der Waals surface area contributed by atoms with Crippen LogP contribution in [0.15, 0.2) is 91.0 Å². The van der Waals surface area contributed by atoms with Crippen molar-refractivity contribution in [3.8, 4) is 0 Å². The monoisotopic (exact) mass is 455 g/mol. The maximum absolute atomic E-state index is 13.0. The minimum absolute atomic E-state index is 0. The van der Waals surface area contributed by atoms with Gasteiger partial charge in [0.25, 0.3) is 0 Å². The molecule has 0 aliphatic carbocycles. The van der Waals surface area contributed by atoms with Gasteiger partial charge in [0.15, 0.2) is 0 Å². The first-order valence-electron chi connectivity index (χ1n) is 10.1. The zero-order chi connectivity index (χ0) is 21.6. The summed E-state index contributed by atoms with van der Waals surface area (Å²) >= 11 is 4.49. The van der Waals surface area contributed by atoms with Gasteiger partial charge in [0.05, 0.1) is 5.54 Å². The highest BCUT2D eigenvalue weighted by Gasteiger charge is 2.40. The highest BCUT2D eigenvalue weighted by Crippen LogP contribution is 2.37. The average molecular weight is 456 g/mol. The Morgan fingerprint density at radius 2 is 1.16 bits per heavy atom. The second-order valence-corrected chi connectivity index (χ2v) is 8.63. The van der Waals surface area contributed by atoms with Crippen molar-refractivity contribution in [3.63, 3.8) is 0 Å². The normalized spacial score (nSPS) is 12.5. The number of halogens is 1. The van der Waals surface area contributed by atoms with Crippen molar-refractivity contribution in [1.29, 1.82) is 0 Å². The van der Waals surface area contributed by atoms with Crippen molar-refractivity contribution in [2.45, 2.75) is 38.0 Å². The van der Waals surface area contributed by atoms with Gasteiger partial charge in [-0.1, -0.05) is 91.0 Å². The highest BCUT2D eigenvalue weighted by molar-refractivity contribution is 7.80. The molecular formula is C26H30ClNO2S. The molecule has 0 saturated heterocycles. The lowest BCUT2D eigenvalue weighted by molar-refractivity contribution is -0.157. The number of hydrogen-bond acceptors (Lipinski definition) is 4. The van der Waals surface area contributed by atoms with Gasteiger partial charge in [-0.25, -0.2) is 0 Å². The predicted octanol–water partition coefficient (Wildman–Crippen LogP) is 5.63. The van der Waals surface area contributed by atoms with Crippen molar-refractivity contribution < 1.29 is 9.53 Å². The van der Waals surface area contributed by atoms with Crippen LogP contribution in [0.3, 0.4) is 0 Å². The number of nitrogens with one attached hydrogen (secondary N) is 1. The maximum atomic E-state index is 13.0. The number of carbonyl (C=O) groups excluding carboxylic acids is 1. The quantitative estimate of drug-likeness (QED) is 0.275. The maximum Gasteiger partial charge on any atom is 0.324 e. The molecular weight excluding hydrogens is 426 g/mol. The number of hydrogen-bond donors (Lipinski definition) is 2. The zero-order valence-corrected chi connectivity index (χ0v) is 19.8. The van der Waals surface area contributed by atoms with E-state index in [9.17, 15) is 4.79 Å². The molecule has 1 N–H and O–H groups in total. The van der Waals surface area contributed by atoms with Crippen LogP contribution in [-0.4, -0.2) is 23.4 Å². The van der Waals surface area contributed by atoms with Crippen LogP contribution in [0, 0.1) is 0 Å². The van der Waals surface area contributed by atoms with Crippen LogP contribution in [-0.2, 0) is 15.1 Å². The van der Waals surface area contributed by atoms with Gasteiger partial charge in [-0.15, -0.1) is 12.4 Å². The smallest absolute Gasteiger partial charge is 0.324 e. The summed E-state index contributed by atoms with van der Waals surface area (Å²) in [4.78, 5) is 13.0. The number of ether oxygens (including phenoxy) is 1. The van der Waals surface area contributed by atoms with Gasteiger partial charge in [-0.2, -0.15) is 12.6 Å². The average Bonchev–Trinajstić information content (AvgIpc) is 2.75. The molecule has 3 aromatic carbocycles. The summed E-state index contributed by atoms with van der Waals surface area (Å²) in [5, 5.41) is 3.64. The molecule has 0 aromatic heterocycles. The third-order valence-electron chi connectivity index (χ3n) is 4.89.